The summed E-state index contributed by atoms with van der Waals surface area (Å²) in [5, 5.41) is 5.46. The number of nitrogens with two attached hydrogens (primary N) is 1. The molecule has 1 aromatic carbocycles. The second-order valence-corrected chi connectivity index (χ2v) is 4.54. The topological polar surface area (TPSA) is 103 Å². The Kier molecular flexibility index (Phi) is 7.52. The minimum atomic E-state index is -0.924. The maximum Gasteiger partial charge on any atom is 0.318 e. The smallest absolute Gasteiger partial charge is 0.318 e. The summed E-state index contributed by atoms with van der Waals surface area (Å²) in [7, 11) is 1.64. The molecule has 0 heterocycles. The minimum absolute atomic E-state index is 0.339. The lowest BCUT2D eigenvalue weighted by Gasteiger charge is -2.09. The Balaban J connectivity index is 2.46. The number of rotatable bonds is 8. The highest BCUT2D eigenvalue weighted by Crippen LogP contribution is 2.25. The van der Waals surface area contributed by atoms with Crippen LogP contribution >= 0.6 is 11.6 Å². The number of nitrogens with one attached hydrogen (secondary N) is 2. The molecule has 21 heavy (non-hydrogen) atoms. The van der Waals surface area contributed by atoms with E-state index in [0.717, 1.165) is 12.1 Å². The van der Waals surface area contributed by atoms with Gasteiger partial charge in [0.2, 0.25) is 0 Å². The van der Waals surface area contributed by atoms with Crippen LogP contribution in [-0.2, 0) is 16.1 Å². The standard InChI is InChI=1S/C13H18ClN3O4/c1-20-5-4-16-7-9-2-3-11(10(14)6-9)21-8-12(18)17-13(15)19/h2-3,6,16H,4-5,7-8H2,1H3,(H3,15,17,18,19). The lowest BCUT2D eigenvalue weighted by molar-refractivity contribution is -0.121. The summed E-state index contributed by atoms with van der Waals surface area (Å²) in [4.78, 5) is 21.7. The average Bonchev–Trinajstić information content (AvgIpc) is 2.42. The van der Waals surface area contributed by atoms with Gasteiger partial charge >= 0.3 is 6.03 Å². The Labute approximate surface area is 127 Å². The first-order valence-electron chi connectivity index (χ1n) is 6.23. The lowest BCUT2D eigenvalue weighted by atomic mass is 10.2. The molecule has 0 fully saturated rings. The van der Waals surface area contributed by atoms with E-state index in [1.807, 2.05) is 11.4 Å². The van der Waals surface area contributed by atoms with E-state index in [4.69, 9.17) is 26.8 Å². The number of carbonyl (C=O) groups excluding carboxylic acids is 2. The van der Waals surface area contributed by atoms with Gasteiger partial charge in [-0.1, -0.05) is 17.7 Å². The van der Waals surface area contributed by atoms with Crippen LogP contribution in [0.3, 0.4) is 0 Å². The van der Waals surface area contributed by atoms with Gasteiger partial charge in [-0.25, -0.2) is 4.79 Å². The summed E-state index contributed by atoms with van der Waals surface area (Å²) in [5.41, 5.74) is 5.79. The Hall–Kier alpha value is -1.83. The van der Waals surface area contributed by atoms with Crippen LogP contribution in [0.15, 0.2) is 18.2 Å². The van der Waals surface area contributed by atoms with Gasteiger partial charge in [-0.3, -0.25) is 10.1 Å². The lowest BCUT2D eigenvalue weighted by Crippen LogP contribution is -2.38. The van der Waals surface area contributed by atoms with Gasteiger partial charge in [0.05, 0.1) is 11.6 Å². The Bertz CT molecular complexity index is 496. The zero-order valence-electron chi connectivity index (χ0n) is 11.6. The molecule has 0 radical (unpaired) electrons. The van der Waals surface area contributed by atoms with Crippen molar-refractivity contribution in [3.05, 3.63) is 28.8 Å². The molecule has 0 aromatic heterocycles. The van der Waals surface area contributed by atoms with Gasteiger partial charge in [0.15, 0.2) is 6.61 Å². The number of carbonyl (C=O) groups is 2. The van der Waals surface area contributed by atoms with Crippen LogP contribution in [0.4, 0.5) is 4.79 Å². The van der Waals surface area contributed by atoms with Crippen LogP contribution in [0.2, 0.25) is 5.02 Å². The van der Waals surface area contributed by atoms with Crippen LogP contribution in [0.25, 0.3) is 0 Å². The number of urea groups is 1. The summed E-state index contributed by atoms with van der Waals surface area (Å²) >= 11 is 6.06. The Morgan fingerprint density at radius 3 is 2.76 bits per heavy atom. The molecule has 4 N–H and O–H groups in total. The fourth-order valence-electron chi connectivity index (χ4n) is 1.50. The molecule has 0 saturated heterocycles. The number of hydrogen-bond acceptors (Lipinski definition) is 5. The first-order valence-corrected chi connectivity index (χ1v) is 6.61. The third-order valence-electron chi connectivity index (χ3n) is 2.43. The third kappa shape index (κ3) is 6.94. The zero-order valence-corrected chi connectivity index (χ0v) is 12.4. The van der Waals surface area contributed by atoms with Gasteiger partial charge in [0.25, 0.3) is 5.91 Å². The predicted octanol–water partition coefficient (Wildman–Crippen LogP) is 0.650. The fourth-order valence-corrected chi connectivity index (χ4v) is 1.75. The van der Waals surface area contributed by atoms with E-state index in [0.29, 0.717) is 23.9 Å². The van der Waals surface area contributed by atoms with E-state index < -0.39 is 11.9 Å². The molecule has 0 aliphatic heterocycles. The van der Waals surface area contributed by atoms with E-state index in [1.165, 1.54) is 0 Å². The molecule has 0 aliphatic carbocycles. The van der Waals surface area contributed by atoms with Gasteiger partial charge in [-0.05, 0) is 17.7 Å². The van der Waals surface area contributed by atoms with Crippen molar-refractivity contribution in [2.24, 2.45) is 5.73 Å². The molecule has 0 spiro atoms. The van der Waals surface area contributed by atoms with E-state index in [1.54, 1.807) is 19.2 Å². The van der Waals surface area contributed by atoms with Crippen molar-refractivity contribution in [2.45, 2.75) is 6.54 Å². The maximum atomic E-state index is 11.2. The van der Waals surface area contributed by atoms with Crippen LogP contribution in [0.5, 0.6) is 5.75 Å². The van der Waals surface area contributed by atoms with Crippen LogP contribution in [0.1, 0.15) is 5.56 Å². The summed E-state index contributed by atoms with van der Waals surface area (Å²) in [6.07, 6.45) is 0. The first-order chi connectivity index (χ1) is 10.0. The number of halogens is 1. The minimum Gasteiger partial charge on any atom is -0.482 e. The van der Waals surface area contributed by atoms with Crippen molar-refractivity contribution in [3.8, 4) is 5.75 Å². The molecule has 116 valence electrons. The molecule has 7 nitrogen and oxygen atoms in total. The van der Waals surface area contributed by atoms with Crippen molar-refractivity contribution < 1.29 is 19.1 Å². The quantitative estimate of drug-likeness (QED) is 0.611. The molecular formula is C13H18ClN3O4. The van der Waals surface area contributed by atoms with Crippen LogP contribution in [-0.4, -0.2) is 38.8 Å². The SMILES string of the molecule is COCCNCc1ccc(OCC(=O)NC(N)=O)c(Cl)c1. The monoisotopic (exact) mass is 315 g/mol. The van der Waals surface area contributed by atoms with Crippen molar-refractivity contribution in [1.29, 1.82) is 0 Å². The van der Waals surface area contributed by atoms with Crippen molar-refractivity contribution in [1.82, 2.24) is 10.6 Å². The van der Waals surface area contributed by atoms with Gasteiger partial charge in [0.1, 0.15) is 5.75 Å². The molecule has 0 bridgehead atoms. The summed E-state index contributed by atoms with van der Waals surface area (Å²) < 4.78 is 10.1. The molecule has 1 rings (SSSR count). The Morgan fingerprint density at radius 1 is 1.38 bits per heavy atom. The third-order valence-corrected chi connectivity index (χ3v) is 2.73. The normalized spacial score (nSPS) is 10.2. The number of amides is 3. The van der Waals surface area contributed by atoms with Crippen molar-refractivity contribution in [2.75, 3.05) is 26.9 Å². The second kappa shape index (κ2) is 9.17. The largest absolute Gasteiger partial charge is 0.482 e. The van der Waals surface area contributed by atoms with Gasteiger partial charge in [0, 0.05) is 20.2 Å². The highest BCUT2D eigenvalue weighted by atomic mass is 35.5. The first kappa shape index (κ1) is 17.2. The van der Waals surface area contributed by atoms with E-state index in [2.05, 4.69) is 5.32 Å². The molecule has 0 saturated carbocycles. The molecule has 0 aliphatic rings. The fraction of sp³-hybridized carbons (Fsp3) is 0.385. The molecule has 0 atom stereocenters. The number of hydrogen-bond donors (Lipinski definition) is 3. The van der Waals surface area contributed by atoms with E-state index in [9.17, 15) is 9.59 Å². The number of benzene rings is 1. The van der Waals surface area contributed by atoms with E-state index in [-0.39, 0.29) is 6.61 Å². The average molecular weight is 316 g/mol. The molecular weight excluding hydrogens is 298 g/mol. The second-order valence-electron chi connectivity index (χ2n) is 4.14. The number of imide groups is 1. The van der Waals surface area contributed by atoms with Gasteiger partial charge in [-0.2, -0.15) is 0 Å². The van der Waals surface area contributed by atoms with E-state index >= 15 is 0 Å². The highest BCUT2D eigenvalue weighted by molar-refractivity contribution is 6.32. The van der Waals surface area contributed by atoms with Crippen LogP contribution < -0.4 is 21.1 Å². The summed E-state index contributed by atoms with van der Waals surface area (Å²) in [6.45, 7) is 1.67. The molecule has 0 unspecified atom stereocenters. The molecule has 3 amide bonds. The van der Waals surface area contributed by atoms with Crippen molar-refractivity contribution >= 4 is 23.5 Å². The zero-order chi connectivity index (χ0) is 15.7. The maximum absolute atomic E-state index is 11.2. The number of methoxy groups -OCH3 is 1. The molecule has 8 heteroatoms. The van der Waals surface area contributed by atoms with Crippen LogP contribution in [0, 0.1) is 0 Å². The van der Waals surface area contributed by atoms with Gasteiger partial charge in [-0.15, -0.1) is 0 Å². The number of primary amides is 1. The summed E-state index contributed by atoms with van der Waals surface area (Å²) in [5.74, 6) is -0.277. The highest BCUT2D eigenvalue weighted by Gasteiger charge is 2.08. The van der Waals surface area contributed by atoms with Crippen molar-refractivity contribution in [3.63, 3.8) is 0 Å². The van der Waals surface area contributed by atoms with Gasteiger partial charge < -0.3 is 20.5 Å². The summed E-state index contributed by atoms with van der Waals surface area (Å²) in [6, 6.07) is 4.30. The molecule has 1 aromatic rings. The number of ether oxygens (including phenoxy) is 2. The Morgan fingerprint density at radius 2 is 2.14 bits per heavy atom. The predicted molar refractivity (Wildman–Crippen MR) is 78.3 cm³/mol.